The molecule has 1 aromatic carbocycles. The third-order valence-electron chi connectivity index (χ3n) is 5.90. The van der Waals surface area contributed by atoms with Gasteiger partial charge in [-0.05, 0) is 36.4 Å². The van der Waals surface area contributed by atoms with E-state index < -0.39 is 27.8 Å². The van der Waals surface area contributed by atoms with Gasteiger partial charge in [-0.3, -0.25) is 9.78 Å². The van der Waals surface area contributed by atoms with Crippen LogP contribution in [0, 0.1) is 0 Å². The van der Waals surface area contributed by atoms with E-state index in [0.29, 0.717) is 24.4 Å². The summed E-state index contributed by atoms with van der Waals surface area (Å²) in [6.07, 6.45) is -1.49. The van der Waals surface area contributed by atoms with Crippen molar-refractivity contribution in [2.75, 3.05) is 19.6 Å². The minimum atomic E-state index is -5.08. The van der Waals surface area contributed by atoms with Crippen LogP contribution in [0.4, 0.5) is 13.2 Å². The van der Waals surface area contributed by atoms with Crippen molar-refractivity contribution in [3.63, 3.8) is 0 Å². The lowest BCUT2D eigenvalue weighted by atomic mass is 10.0. The summed E-state index contributed by atoms with van der Waals surface area (Å²) in [5, 5.41) is 7.12. The number of aromatic nitrogens is 1. The predicted molar refractivity (Wildman–Crippen MR) is 125 cm³/mol. The number of hydrogen-bond acceptors (Lipinski definition) is 7. The number of likely N-dealkylation sites (tertiary alicyclic amines) is 1. The molecule has 1 unspecified atom stereocenters. The number of furan rings is 1. The molecule has 0 aliphatic carbocycles. The van der Waals surface area contributed by atoms with Gasteiger partial charge in [0.05, 0.1) is 31.6 Å². The number of carboxylic acids is 1. The molecule has 5 rings (SSSR count). The Kier molecular flexibility index (Phi) is 7.47. The zero-order chi connectivity index (χ0) is 27.6. The van der Waals surface area contributed by atoms with E-state index in [2.05, 4.69) is 4.98 Å². The number of carbonyl (C=O) groups excluding carboxylic acids is 1. The number of nitrogens with zero attached hydrogens (tertiary/aromatic N) is 3. The third kappa shape index (κ3) is 5.81. The molecule has 3 aromatic rings. The topological polar surface area (TPSA) is 130 Å². The van der Waals surface area contributed by atoms with Gasteiger partial charge < -0.3 is 19.2 Å². The molecule has 4 heterocycles. The number of fused-ring (bicyclic) bond motifs is 1. The number of halogens is 3. The van der Waals surface area contributed by atoms with Crippen LogP contribution in [-0.4, -0.2) is 71.0 Å². The largest absolute Gasteiger partial charge is 0.490 e. The summed E-state index contributed by atoms with van der Waals surface area (Å²) in [6.45, 7) is 0.936. The molecule has 1 saturated heterocycles. The summed E-state index contributed by atoms with van der Waals surface area (Å²) in [6, 6.07) is 15.3. The Morgan fingerprint density at radius 3 is 2.39 bits per heavy atom. The Bertz CT molecular complexity index is 1400. The van der Waals surface area contributed by atoms with Gasteiger partial charge in [-0.25, -0.2) is 13.2 Å². The SMILES string of the molecule is O=C(O)C(F)(F)F.O=C(c1ccco1)N1CCC2(C1)CN(Cc1ccccn1)S(=O)(=O)c1ccccc1O2. The number of ether oxygens (including phenoxy) is 1. The number of aliphatic carboxylic acids is 1. The van der Waals surface area contributed by atoms with Crippen molar-refractivity contribution in [3.05, 3.63) is 78.5 Å². The molecule has 1 N–H and O–H groups in total. The van der Waals surface area contributed by atoms with Gasteiger partial charge in [-0.15, -0.1) is 0 Å². The summed E-state index contributed by atoms with van der Waals surface area (Å²) in [5.41, 5.74) is -0.224. The lowest BCUT2D eigenvalue weighted by Gasteiger charge is -2.31. The van der Waals surface area contributed by atoms with Crippen LogP contribution >= 0.6 is 0 Å². The number of carboxylic acid groups (broad SMARTS) is 1. The minimum Gasteiger partial charge on any atom is -0.483 e. The third-order valence-corrected chi connectivity index (χ3v) is 7.73. The van der Waals surface area contributed by atoms with Crippen LogP contribution in [0.5, 0.6) is 5.75 Å². The Morgan fingerprint density at radius 1 is 1.05 bits per heavy atom. The van der Waals surface area contributed by atoms with Crippen molar-refractivity contribution in [2.45, 2.75) is 29.6 Å². The van der Waals surface area contributed by atoms with Crippen molar-refractivity contribution < 1.29 is 45.4 Å². The van der Waals surface area contributed by atoms with E-state index in [0.717, 1.165) is 0 Å². The number of benzene rings is 1. The van der Waals surface area contributed by atoms with E-state index in [1.807, 2.05) is 6.07 Å². The molecule has 2 aliphatic rings. The van der Waals surface area contributed by atoms with E-state index in [-0.39, 0.29) is 36.2 Å². The highest BCUT2D eigenvalue weighted by atomic mass is 32.2. The summed E-state index contributed by atoms with van der Waals surface area (Å²) in [4.78, 5) is 27.8. The van der Waals surface area contributed by atoms with Crippen molar-refractivity contribution in [1.29, 1.82) is 0 Å². The number of amides is 1. The molecule has 0 bridgehead atoms. The first-order valence-corrected chi connectivity index (χ1v) is 12.7. The number of pyridine rings is 1. The Morgan fingerprint density at radius 2 is 1.76 bits per heavy atom. The maximum absolute atomic E-state index is 13.5. The molecule has 10 nitrogen and oxygen atoms in total. The standard InChI is InChI=1S/C22H21N3O5S.C2HF3O2/c26-21(19-8-5-13-29-19)24-12-10-22(15-24)16-25(14-17-6-3-4-11-23-17)31(27,28)20-9-2-1-7-18(20)30-22;3-2(4,5)1(6)7/h1-9,11,13H,10,12,14-16H2;(H,6,7). The smallest absolute Gasteiger partial charge is 0.483 e. The van der Waals surface area contributed by atoms with Gasteiger partial charge >= 0.3 is 12.1 Å². The molecule has 14 heteroatoms. The zero-order valence-electron chi connectivity index (χ0n) is 19.7. The van der Waals surface area contributed by atoms with E-state index in [4.69, 9.17) is 19.1 Å². The molecule has 2 aliphatic heterocycles. The Balaban J connectivity index is 0.000000426. The number of alkyl halides is 3. The molecule has 2 aromatic heterocycles. The van der Waals surface area contributed by atoms with E-state index >= 15 is 0 Å². The average Bonchev–Trinajstić information content (AvgIpc) is 3.53. The maximum Gasteiger partial charge on any atom is 0.490 e. The summed E-state index contributed by atoms with van der Waals surface area (Å²) in [7, 11) is -3.82. The predicted octanol–water partition coefficient (Wildman–Crippen LogP) is 3.18. The van der Waals surface area contributed by atoms with E-state index in [9.17, 15) is 26.4 Å². The first kappa shape index (κ1) is 27.1. The van der Waals surface area contributed by atoms with Gasteiger partial charge in [0.1, 0.15) is 16.2 Å². The molecular weight excluding hydrogens is 531 g/mol. The Hall–Kier alpha value is -3.91. The highest BCUT2D eigenvalue weighted by molar-refractivity contribution is 7.89. The van der Waals surface area contributed by atoms with E-state index in [1.165, 1.54) is 10.6 Å². The lowest BCUT2D eigenvalue weighted by molar-refractivity contribution is -0.192. The fraction of sp³-hybridized carbons (Fsp3) is 0.292. The van der Waals surface area contributed by atoms with Crippen molar-refractivity contribution in [1.82, 2.24) is 14.2 Å². The van der Waals surface area contributed by atoms with Crippen molar-refractivity contribution >= 4 is 21.9 Å². The van der Waals surface area contributed by atoms with Gasteiger partial charge in [0.2, 0.25) is 10.0 Å². The van der Waals surface area contributed by atoms with Crippen molar-refractivity contribution in [3.8, 4) is 5.75 Å². The summed E-state index contributed by atoms with van der Waals surface area (Å²) >= 11 is 0. The number of rotatable bonds is 3. The molecule has 0 radical (unpaired) electrons. The van der Waals surface area contributed by atoms with Crippen molar-refractivity contribution in [2.24, 2.45) is 0 Å². The zero-order valence-corrected chi connectivity index (χ0v) is 20.5. The fourth-order valence-corrected chi connectivity index (χ4v) is 5.76. The second kappa shape index (κ2) is 10.5. The molecule has 1 amide bonds. The van der Waals surface area contributed by atoms with Crippen LogP contribution < -0.4 is 4.74 Å². The van der Waals surface area contributed by atoms with Gasteiger partial charge in [0.15, 0.2) is 5.76 Å². The first-order valence-electron chi connectivity index (χ1n) is 11.2. The van der Waals surface area contributed by atoms with E-state index in [1.54, 1.807) is 59.6 Å². The second-order valence-electron chi connectivity index (χ2n) is 8.58. The molecule has 1 spiro atoms. The number of carbonyl (C=O) groups is 2. The fourth-order valence-electron chi connectivity index (χ4n) is 4.16. The monoisotopic (exact) mass is 553 g/mol. The molecule has 1 atom stereocenters. The van der Waals surface area contributed by atoms with Crippen LogP contribution in [0.15, 0.2) is 76.4 Å². The number of para-hydroxylation sites is 1. The van der Waals surface area contributed by atoms with Crippen LogP contribution in [0.25, 0.3) is 0 Å². The highest BCUT2D eigenvalue weighted by Crippen LogP contribution is 2.39. The molecule has 0 saturated carbocycles. The minimum absolute atomic E-state index is 0.114. The van der Waals surface area contributed by atoms with Crippen LogP contribution in [0.3, 0.4) is 0 Å². The summed E-state index contributed by atoms with van der Waals surface area (Å²) in [5.74, 6) is -2.43. The van der Waals surface area contributed by atoms with Crippen LogP contribution in [0.1, 0.15) is 22.7 Å². The quantitative estimate of drug-likeness (QED) is 0.524. The highest BCUT2D eigenvalue weighted by Gasteiger charge is 2.49. The second-order valence-corrected chi connectivity index (χ2v) is 10.5. The first-order chi connectivity index (χ1) is 17.9. The summed E-state index contributed by atoms with van der Waals surface area (Å²) < 4.78 is 71.7. The van der Waals surface area contributed by atoms with Crippen LogP contribution in [0.2, 0.25) is 0 Å². The number of sulfonamides is 1. The normalized spacial score (nSPS) is 20.6. The average molecular weight is 554 g/mol. The molecule has 1 fully saturated rings. The lowest BCUT2D eigenvalue weighted by Crippen LogP contribution is -2.49. The number of hydrogen-bond donors (Lipinski definition) is 1. The molecule has 202 valence electrons. The molecule has 38 heavy (non-hydrogen) atoms. The van der Waals surface area contributed by atoms with Gasteiger partial charge in [0, 0.05) is 19.2 Å². The van der Waals surface area contributed by atoms with Gasteiger partial charge in [0.25, 0.3) is 5.91 Å². The molecular formula is C24H22F3N3O7S. The van der Waals surface area contributed by atoms with Gasteiger partial charge in [-0.2, -0.15) is 17.5 Å². The van der Waals surface area contributed by atoms with Gasteiger partial charge in [-0.1, -0.05) is 18.2 Å². The maximum atomic E-state index is 13.5. The Labute approximate surface area is 215 Å². The van der Waals surface area contributed by atoms with Crippen LogP contribution in [-0.2, 0) is 21.4 Å².